The van der Waals surface area contributed by atoms with Gasteiger partial charge in [-0.2, -0.15) is 0 Å². The summed E-state index contributed by atoms with van der Waals surface area (Å²) < 4.78 is 21.3. The lowest BCUT2D eigenvalue weighted by Crippen LogP contribution is -2.06. The minimum absolute atomic E-state index is 0.00556. The number of benzene rings is 3. The molecule has 0 aromatic heterocycles. The van der Waals surface area contributed by atoms with Crippen LogP contribution in [-0.4, -0.2) is 25.1 Å². The Morgan fingerprint density at radius 2 is 1.47 bits per heavy atom. The minimum atomic E-state index is -0.484. The van der Waals surface area contributed by atoms with Gasteiger partial charge in [-0.25, -0.2) is 4.79 Å². The fourth-order valence-electron chi connectivity index (χ4n) is 2.62. The molecule has 3 aromatic carbocycles. The van der Waals surface area contributed by atoms with E-state index in [9.17, 15) is 14.9 Å². The Morgan fingerprint density at radius 1 is 0.867 bits per heavy atom. The van der Waals surface area contributed by atoms with E-state index in [0.717, 1.165) is 5.56 Å². The van der Waals surface area contributed by atoms with Crippen molar-refractivity contribution in [3.63, 3.8) is 0 Å². The van der Waals surface area contributed by atoms with Gasteiger partial charge in [-0.1, -0.05) is 12.1 Å². The molecule has 0 unspecified atom stereocenters. The topological polar surface area (TPSA) is 97.1 Å². The lowest BCUT2D eigenvalue weighted by Gasteiger charge is -2.10. The lowest BCUT2D eigenvalue weighted by atomic mass is 10.2. The molecule has 0 spiro atoms. The molecule has 0 aliphatic heterocycles. The third-order valence-electron chi connectivity index (χ3n) is 4.20. The highest BCUT2D eigenvalue weighted by Gasteiger charge is 2.12. The van der Waals surface area contributed by atoms with Crippen molar-refractivity contribution < 1.29 is 28.7 Å². The second-order valence-corrected chi connectivity index (χ2v) is 6.14. The maximum absolute atomic E-state index is 12.3. The van der Waals surface area contributed by atoms with Crippen LogP contribution in [0.1, 0.15) is 15.9 Å². The van der Waals surface area contributed by atoms with Crippen LogP contribution in [0.25, 0.3) is 0 Å². The molecule has 0 aliphatic rings. The third-order valence-corrected chi connectivity index (χ3v) is 4.20. The maximum atomic E-state index is 12.3. The summed E-state index contributed by atoms with van der Waals surface area (Å²) in [5, 5.41) is 10.7. The molecule has 0 saturated heterocycles. The van der Waals surface area contributed by atoms with Crippen molar-refractivity contribution in [1.82, 2.24) is 0 Å². The Balaban J connectivity index is 1.58. The number of nitro benzene ring substituents is 1. The number of non-ortho nitro benzene ring substituents is 1. The fraction of sp³-hybridized carbons (Fsp3) is 0.136. The van der Waals surface area contributed by atoms with Gasteiger partial charge in [-0.3, -0.25) is 10.1 Å². The number of hydrogen-bond donors (Lipinski definition) is 0. The monoisotopic (exact) mass is 409 g/mol. The van der Waals surface area contributed by atoms with Gasteiger partial charge in [0.15, 0.2) is 11.5 Å². The third kappa shape index (κ3) is 5.05. The summed E-state index contributed by atoms with van der Waals surface area (Å²) in [6, 6.07) is 17.6. The number of methoxy groups -OCH3 is 2. The summed E-state index contributed by atoms with van der Waals surface area (Å²) in [5.41, 5.74) is 1.12. The first-order chi connectivity index (χ1) is 14.5. The van der Waals surface area contributed by atoms with Crippen LogP contribution in [0.4, 0.5) is 5.69 Å². The van der Waals surface area contributed by atoms with Crippen LogP contribution in [0.5, 0.6) is 23.0 Å². The van der Waals surface area contributed by atoms with Crippen LogP contribution in [0, 0.1) is 10.1 Å². The van der Waals surface area contributed by atoms with E-state index >= 15 is 0 Å². The molecule has 8 heteroatoms. The summed E-state index contributed by atoms with van der Waals surface area (Å²) >= 11 is 0. The van der Waals surface area contributed by atoms with Gasteiger partial charge in [0.25, 0.3) is 5.69 Å². The Hall–Kier alpha value is -4.07. The molecule has 0 amide bonds. The summed E-state index contributed by atoms with van der Waals surface area (Å²) in [6.45, 7) is 0.0883. The molecule has 0 radical (unpaired) electrons. The number of carbonyl (C=O) groups excluding carboxylic acids is 1. The van der Waals surface area contributed by atoms with E-state index in [1.165, 1.54) is 38.5 Å². The Bertz CT molecular complexity index is 1030. The fourth-order valence-corrected chi connectivity index (χ4v) is 2.62. The van der Waals surface area contributed by atoms with Crippen molar-refractivity contribution in [2.75, 3.05) is 14.2 Å². The minimum Gasteiger partial charge on any atom is -0.493 e. The zero-order valence-corrected chi connectivity index (χ0v) is 16.4. The van der Waals surface area contributed by atoms with E-state index in [2.05, 4.69) is 0 Å². The molecule has 0 heterocycles. The number of hydrogen-bond acceptors (Lipinski definition) is 7. The highest BCUT2D eigenvalue weighted by atomic mass is 16.6. The second kappa shape index (κ2) is 9.42. The SMILES string of the molecule is COc1ccc(C(=O)OCc2ccc(Oc3ccc([N+](=O)[O-])cc3)cc2)cc1OC. The number of ether oxygens (including phenoxy) is 4. The van der Waals surface area contributed by atoms with Crippen molar-refractivity contribution in [3.8, 4) is 23.0 Å². The van der Waals surface area contributed by atoms with Gasteiger partial charge in [0.05, 0.1) is 24.7 Å². The quantitative estimate of drug-likeness (QED) is 0.300. The standard InChI is InChI=1S/C22H19NO7/c1-27-20-12-5-16(13-21(20)28-2)22(24)29-14-15-3-8-18(9-4-15)30-19-10-6-17(7-11-19)23(25)26/h3-13H,14H2,1-2H3. The first-order valence-corrected chi connectivity index (χ1v) is 8.90. The van der Waals surface area contributed by atoms with E-state index in [-0.39, 0.29) is 12.3 Å². The molecule has 30 heavy (non-hydrogen) atoms. The predicted molar refractivity (Wildman–Crippen MR) is 108 cm³/mol. The predicted octanol–water partition coefficient (Wildman–Crippen LogP) is 4.76. The Morgan fingerprint density at radius 3 is 2.03 bits per heavy atom. The first kappa shape index (κ1) is 20.7. The Labute approximate surface area is 172 Å². The van der Waals surface area contributed by atoms with Gasteiger partial charge in [-0.05, 0) is 48.0 Å². The van der Waals surface area contributed by atoms with Crippen LogP contribution in [0.2, 0.25) is 0 Å². The molecule has 0 aliphatic carbocycles. The Kier molecular flexibility index (Phi) is 6.49. The number of nitro groups is 1. The number of carbonyl (C=O) groups is 1. The first-order valence-electron chi connectivity index (χ1n) is 8.90. The molecular weight excluding hydrogens is 390 g/mol. The van der Waals surface area contributed by atoms with Gasteiger partial charge < -0.3 is 18.9 Å². The normalized spacial score (nSPS) is 10.2. The van der Waals surface area contributed by atoms with Crippen molar-refractivity contribution in [2.24, 2.45) is 0 Å². The lowest BCUT2D eigenvalue weighted by molar-refractivity contribution is -0.384. The summed E-state index contributed by atoms with van der Waals surface area (Å²) in [7, 11) is 3.01. The van der Waals surface area contributed by atoms with Crippen LogP contribution >= 0.6 is 0 Å². The second-order valence-electron chi connectivity index (χ2n) is 6.14. The van der Waals surface area contributed by atoms with E-state index < -0.39 is 10.9 Å². The molecule has 0 bridgehead atoms. The van der Waals surface area contributed by atoms with Gasteiger partial charge in [0, 0.05) is 12.1 Å². The molecule has 0 fully saturated rings. The van der Waals surface area contributed by atoms with Gasteiger partial charge in [0.1, 0.15) is 18.1 Å². The zero-order valence-electron chi connectivity index (χ0n) is 16.4. The van der Waals surface area contributed by atoms with Crippen LogP contribution in [0.3, 0.4) is 0 Å². The van der Waals surface area contributed by atoms with E-state index in [4.69, 9.17) is 18.9 Å². The summed E-state index contributed by atoms with van der Waals surface area (Å²) in [4.78, 5) is 22.5. The van der Waals surface area contributed by atoms with Gasteiger partial charge >= 0.3 is 5.97 Å². The largest absolute Gasteiger partial charge is 0.493 e. The number of nitrogens with zero attached hydrogens (tertiary/aromatic N) is 1. The van der Waals surface area contributed by atoms with Crippen molar-refractivity contribution >= 4 is 11.7 Å². The number of rotatable bonds is 8. The van der Waals surface area contributed by atoms with E-state index in [1.54, 1.807) is 42.5 Å². The van der Waals surface area contributed by atoms with Crippen LogP contribution in [-0.2, 0) is 11.3 Å². The molecule has 0 saturated carbocycles. The molecule has 0 atom stereocenters. The van der Waals surface area contributed by atoms with Crippen molar-refractivity contribution in [2.45, 2.75) is 6.61 Å². The summed E-state index contributed by atoms with van der Waals surface area (Å²) in [5.74, 6) is 1.52. The number of esters is 1. The van der Waals surface area contributed by atoms with E-state index in [1.807, 2.05) is 0 Å². The highest BCUT2D eigenvalue weighted by molar-refractivity contribution is 5.90. The molecule has 0 N–H and O–H groups in total. The molecular formula is C22H19NO7. The van der Waals surface area contributed by atoms with E-state index in [0.29, 0.717) is 28.6 Å². The molecule has 3 rings (SSSR count). The highest BCUT2D eigenvalue weighted by Crippen LogP contribution is 2.28. The van der Waals surface area contributed by atoms with Crippen molar-refractivity contribution in [1.29, 1.82) is 0 Å². The van der Waals surface area contributed by atoms with Gasteiger partial charge in [-0.15, -0.1) is 0 Å². The molecule has 3 aromatic rings. The van der Waals surface area contributed by atoms with Crippen molar-refractivity contribution in [3.05, 3.63) is 88.0 Å². The average molecular weight is 409 g/mol. The molecule has 8 nitrogen and oxygen atoms in total. The van der Waals surface area contributed by atoms with Crippen LogP contribution in [0.15, 0.2) is 66.7 Å². The smallest absolute Gasteiger partial charge is 0.338 e. The maximum Gasteiger partial charge on any atom is 0.338 e. The van der Waals surface area contributed by atoms with Gasteiger partial charge in [0.2, 0.25) is 0 Å². The average Bonchev–Trinajstić information content (AvgIpc) is 2.78. The van der Waals surface area contributed by atoms with Crippen LogP contribution < -0.4 is 14.2 Å². The zero-order chi connectivity index (χ0) is 21.5. The summed E-state index contributed by atoms with van der Waals surface area (Å²) in [6.07, 6.45) is 0. The molecule has 154 valence electrons.